The highest BCUT2D eigenvalue weighted by atomic mass is 16.6. The van der Waals surface area contributed by atoms with Crippen molar-refractivity contribution in [2.45, 2.75) is 32.5 Å². The molecule has 0 spiro atoms. The minimum atomic E-state index is -0.111. The third-order valence-electron chi connectivity index (χ3n) is 5.28. The third kappa shape index (κ3) is 4.72. The van der Waals surface area contributed by atoms with Crippen molar-refractivity contribution in [2.24, 2.45) is 5.92 Å². The highest BCUT2D eigenvalue weighted by molar-refractivity contribution is 5.77. The fourth-order valence-corrected chi connectivity index (χ4v) is 3.61. The Hall–Kier alpha value is -2.96. The van der Waals surface area contributed by atoms with E-state index in [-0.39, 0.29) is 17.9 Å². The van der Waals surface area contributed by atoms with Gasteiger partial charge in [0.2, 0.25) is 5.91 Å². The molecule has 6 nitrogen and oxygen atoms in total. The second-order valence-electron chi connectivity index (χ2n) is 7.26. The summed E-state index contributed by atoms with van der Waals surface area (Å²) in [4.78, 5) is 22.2. The lowest BCUT2D eigenvalue weighted by Crippen LogP contribution is -2.35. The van der Waals surface area contributed by atoms with Gasteiger partial charge in [-0.15, -0.1) is 0 Å². The zero-order valence-corrected chi connectivity index (χ0v) is 16.5. The summed E-state index contributed by atoms with van der Waals surface area (Å²) < 4.78 is 7.86. The smallest absolute Gasteiger partial charge is 0.246 e. The van der Waals surface area contributed by atoms with Crippen molar-refractivity contribution in [3.05, 3.63) is 83.9 Å². The number of nitrogens with one attached hydrogen (secondary N) is 1. The third-order valence-corrected chi connectivity index (χ3v) is 5.28. The Labute approximate surface area is 170 Å². The summed E-state index contributed by atoms with van der Waals surface area (Å²) in [7, 11) is 0. The Balaban J connectivity index is 1.27. The SMILES string of the molecule is Cc1nccn1-c1ccc(CONC(=O)C2CCOC(c3ccccc3)C2)cc1. The van der Waals surface area contributed by atoms with Crippen molar-refractivity contribution in [2.75, 3.05) is 6.61 Å². The van der Waals surface area contributed by atoms with Gasteiger partial charge in [0.05, 0.1) is 12.7 Å². The van der Waals surface area contributed by atoms with Crippen LogP contribution in [0.25, 0.3) is 5.69 Å². The molecule has 0 radical (unpaired) electrons. The normalized spacial score (nSPS) is 19.1. The molecule has 0 saturated carbocycles. The molecule has 2 atom stereocenters. The summed E-state index contributed by atoms with van der Waals surface area (Å²) in [5.74, 6) is 0.743. The van der Waals surface area contributed by atoms with E-state index < -0.39 is 0 Å². The van der Waals surface area contributed by atoms with Crippen LogP contribution in [-0.4, -0.2) is 22.1 Å². The van der Waals surface area contributed by atoms with E-state index in [1.54, 1.807) is 6.20 Å². The Morgan fingerprint density at radius 3 is 2.72 bits per heavy atom. The van der Waals surface area contributed by atoms with E-state index in [0.29, 0.717) is 26.1 Å². The van der Waals surface area contributed by atoms with Crippen LogP contribution < -0.4 is 5.48 Å². The minimum Gasteiger partial charge on any atom is -0.373 e. The molecule has 2 heterocycles. The number of aryl methyl sites for hydroxylation is 1. The molecule has 1 amide bonds. The fraction of sp³-hybridized carbons (Fsp3) is 0.304. The van der Waals surface area contributed by atoms with Gasteiger partial charge in [-0.05, 0) is 43.0 Å². The fourth-order valence-electron chi connectivity index (χ4n) is 3.61. The number of carbonyl (C=O) groups excluding carboxylic acids is 1. The molecular formula is C23H25N3O3. The van der Waals surface area contributed by atoms with Crippen molar-refractivity contribution >= 4 is 5.91 Å². The number of hydroxylamine groups is 1. The van der Waals surface area contributed by atoms with Gasteiger partial charge in [-0.25, -0.2) is 10.5 Å². The molecule has 4 rings (SSSR count). The van der Waals surface area contributed by atoms with E-state index in [2.05, 4.69) is 10.5 Å². The Morgan fingerprint density at radius 1 is 1.21 bits per heavy atom. The van der Waals surface area contributed by atoms with E-state index in [0.717, 1.165) is 22.6 Å². The molecule has 6 heteroatoms. The van der Waals surface area contributed by atoms with Gasteiger partial charge in [-0.2, -0.15) is 0 Å². The Kier molecular flexibility index (Phi) is 6.03. The summed E-state index contributed by atoms with van der Waals surface area (Å²) in [6, 6.07) is 18.0. The van der Waals surface area contributed by atoms with Crippen LogP contribution in [0.1, 0.15) is 35.9 Å². The molecule has 29 heavy (non-hydrogen) atoms. The molecule has 1 N–H and O–H groups in total. The van der Waals surface area contributed by atoms with Gasteiger partial charge >= 0.3 is 0 Å². The predicted octanol–water partition coefficient (Wildman–Crippen LogP) is 3.90. The predicted molar refractivity (Wildman–Crippen MR) is 109 cm³/mol. The minimum absolute atomic E-state index is 0.0418. The number of hydrogen-bond acceptors (Lipinski definition) is 4. The van der Waals surface area contributed by atoms with Crippen molar-refractivity contribution in [3.63, 3.8) is 0 Å². The molecule has 0 bridgehead atoms. The summed E-state index contributed by atoms with van der Waals surface area (Å²) in [6.07, 6.45) is 5.04. The maximum absolute atomic E-state index is 12.5. The number of rotatable bonds is 6. The monoisotopic (exact) mass is 391 g/mol. The van der Waals surface area contributed by atoms with Crippen LogP contribution in [0.15, 0.2) is 67.0 Å². The average molecular weight is 391 g/mol. The molecular weight excluding hydrogens is 366 g/mol. The molecule has 1 aliphatic heterocycles. The van der Waals surface area contributed by atoms with Gasteiger partial charge < -0.3 is 9.30 Å². The zero-order valence-electron chi connectivity index (χ0n) is 16.5. The number of imidazole rings is 1. The molecule has 1 saturated heterocycles. The van der Waals surface area contributed by atoms with E-state index in [1.165, 1.54) is 0 Å². The van der Waals surface area contributed by atoms with Crippen LogP contribution in [0, 0.1) is 12.8 Å². The van der Waals surface area contributed by atoms with Crippen LogP contribution in [0.3, 0.4) is 0 Å². The summed E-state index contributed by atoms with van der Waals surface area (Å²) in [5, 5.41) is 0. The van der Waals surface area contributed by atoms with E-state index >= 15 is 0 Å². The van der Waals surface area contributed by atoms with Crippen LogP contribution in [0.4, 0.5) is 0 Å². The number of ether oxygens (including phenoxy) is 1. The van der Waals surface area contributed by atoms with Crippen LogP contribution in [-0.2, 0) is 21.0 Å². The highest BCUT2D eigenvalue weighted by Crippen LogP contribution is 2.31. The largest absolute Gasteiger partial charge is 0.373 e. The van der Waals surface area contributed by atoms with Gasteiger partial charge in [0.25, 0.3) is 0 Å². The molecule has 1 aromatic heterocycles. The molecule has 2 aromatic carbocycles. The van der Waals surface area contributed by atoms with Crippen molar-refractivity contribution in [1.29, 1.82) is 0 Å². The first-order valence-corrected chi connectivity index (χ1v) is 9.88. The van der Waals surface area contributed by atoms with E-state index in [4.69, 9.17) is 9.57 Å². The van der Waals surface area contributed by atoms with Gasteiger partial charge in [0.1, 0.15) is 5.82 Å². The summed E-state index contributed by atoms with van der Waals surface area (Å²) >= 11 is 0. The quantitative estimate of drug-likeness (QED) is 0.648. The van der Waals surface area contributed by atoms with E-state index in [9.17, 15) is 4.79 Å². The number of amides is 1. The molecule has 2 unspecified atom stereocenters. The Bertz CT molecular complexity index is 938. The highest BCUT2D eigenvalue weighted by Gasteiger charge is 2.28. The van der Waals surface area contributed by atoms with Crippen LogP contribution in [0.5, 0.6) is 0 Å². The molecule has 3 aromatic rings. The van der Waals surface area contributed by atoms with E-state index in [1.807, 2.05) is 72.3 Å². The summed E-state index contributed by atoms with van der Waals surface area (Å²) in [6.45, 7) is 2.86. The lowest BCUT2D eigenvalue weighted by Gasteiger charge is -2.29. The number of aromatic nitrogens is 2. The lowest BCUT2D eigenvalue weighted by atomic mass is 9.91. The van der Waals surface area contributed by atoms with Crippen LogP contribution in [0.2, 0.25) is 0 Å². The number of benzene rings is 2. The molecule has 0 aliphatic carbocycles. The first-order chi connectivity index (χ1) is 14.2. The van der Waals surface area contributed by atoms with Gasteiger partial charge in [0.15, 0.2) is 0 Å². The molecule has 150 valence electrons. The van der Waals surface area contributed by atoms with Crippen molar-refractivity contribution in [1.82, 2.24) is 15.0 Å². The zero-order chi connectivity index (χ0) is 20.1. The first kappa shape index (κ1) is 19.4. The first-order valence-electron chi connectivity index (χ1n) is 9.88. The molecule has 1 fully saturated rings. The molecule has 1 aliphatic rings. The maximum atomic E-state index is 12.5. The topological polar surface area (TPSA) is 65.4 Å². The average Bonchev–Trinajstić information content (AvgIpc) is 3.21. The number of hydrogen-bond donors (Lipinski definition) is 1. The number of carbonyl (C=O) groups is 1. The second kappa shape index (κ2) is 9.03. The van der Waals surface area contributed by atoms with Crippen molar-refractivity contribution in [3.8, 4) is 5.69 Å². The van der Waals surface area contributed by atoms with Crippen molar-refractivity contribution < 1.29 is 14.4 Å². The second-order valence-corrected chi connectivity index (χ2v) is 7.26. The number of nitrogens with zero attached hydrogens (tertiary/aromatic N) is 2. The van der Waals surface area contributed by atoms with Crippen LogP contribution >= 0.6 is 0 Å². The lowest BCUT2D eigenvalue weighted by molar-refractivity contribution is -0.144. The Morgan fingerprint density at radius 2 is 2.00 bits per heavy atom. The van der Waals surface area contributed by atoms with Gasteiger partial charge in [-0.1, -0.05) is 42.5 Å². The van der Waals surface area contributed by atoms with Gasteiger partial charge in [-0.3, -0.25) is 9.63 Å². The van der Waals surface area contributed by atoms with Gasteiger partial charge in [0, 0.05) is 30.6 Å². The standard InChI is InChI=1S/C23H25N3O3/c1-17-24-12-13-26(17)21-9-7-18(8-10-21)16-29-25-23(27)20-11-14-28-22(15-20)19-5-3-2-4-6-19/h2-10,12-13,20,22H,11,14-16H2,1H3,(H,25,27). The summed E-state index contributed by atoms with van der Waals surface area (Å²) in [5.41, 5.74) is 5.76. The maximum Gasteiger partial charge on any atom is 0.246 e.